The number of ketones is 1. The Hall–Kier alpha value is -2.31. The zero-order valence-corrected chi connectivity index (χ0v) is 15.0. The first-order valence-electron chi connectivity index (χ1n) is 9.03. The number of benzene rings is 1. The van der Waals surface area contributed by atoms with Crippen molar-refractivity contribution in [2.24, 2.45) is 0 Å². The number of carbonyl (C=O) groups excluding carboxylic acids is 1. The van der Waals surface area contributed by atoms with E-state index >= 15 is 0 Å². The Labute approximate surface area is 152 Å². The number of aliphatic hydroxyl groups is 1. The Morgan fingerprint density at radius 3 is 2.77 bits per heavy atom. The van der Waals surface area contributed by atoms with Gasteiger partial charge in [-0.2, -0.15) is 5.10 Å². The molecule has 1 unspecified atom stereocenters. The molecule has 0 bridgehead atoms. The molecule has 138 valence electrons. The maximum absolute atomic E-state index is 13.0. The van der Waals surface area contributed by atoms with E-state index in [1.54, 1.807) is 10.9 Å². The van der Waals surface area contributed by atoms with Crippen LogP contribution >= 0.6 is 0 Å². The molecule has 2 N–H and O–H groups in total. The number of halogens is 1. The van der Waals surface area contributed by atoms with Crippen molar-refractivity contribution in [1.29, 1.82) is 0 Å². The number of hydrogen-bond donors (Lipinski definition) is 2. The van der Waals surface area contributed by atoms with Crippen LogP contribution in [-0.2, 0) is 6.54 Å². The van der Waals surface area contributed by atoms with Crippen LogP contribution < -0.4 is 4.90 Å². The molecule has 0 amide bonds. The topological polar surface area (TPSA) is 59.6 Å². The lowest BCUT2D eigenvalue weighted by molar-refractivity contribution is -0.894. The standard InChI is InChI=1S/C20H24FN3O2/c1-15-19(14-22-24(15)12-13-25)20(26)8-11-23-9-6-17(7-10-23)16-2-4-18(21)5-3-16/h2-6,14,25H,7-13H2,1H3/p+1. The quantitative estimate of drug-likeness (QED) is 0.733. The molecule has 0 radical (unpaired) electrons. The molecule has 1 aliphatic heterocycles. The molecule has 2 aromatic rings. The molecule has 26 heavy (non-hydrogen) atoms. The number of quaternary nitrogens is 1. The first-order chi connectivity index (χ1) is 12.6. The van der Waals surface area contributed by atoms with Gasteiger partial charge in [0, 0.05) is 12.1 Å². The number of nitrogens with one attached hydrogen (secondary N) is 1. The number of rotatable bonds is 7. The molecule has 1 aromatic carbocycles. The third kappa shape index (κ3) is 4.26. The van der Waals surface area contributed by atoms with E-state index in [1.165, 1.54) is 22.6 Å². The van der Waals surface area contributed by atoms with E-state index in [0.29, 0.717) is 18.5 Å². The highest BCUT2D eigenvalue weighted by atomic mass is 19.1. The Balaban J connectivity index is 1.53. The van der Waals surface area contributed by atoms with Gasteiger partial charge in [0.2, 0.25) is 0 Å². The van der Waals surface area contributed by atoms with Gasteiger partial charge in [-0.15, -0.1) is 0 Å². The van der Waals surface area contributed by atoms with Crippen LogP contribution in [0.15, 0.2) is 36.5 Å². The van der Waals surface area contributed by atoms with Crippen molar-refractivity contribution < 1.29 is 19.2 Å². The second-order valence-corrected chi connectivity index (χ2v) is 6.70. The Kier molecular flexibility index (Phi) is 5.96. The zero-order valence-electron chi connectivity index (χ0n) is 15.0. The van der Waals surface area contributed by atoms with E-state index in [1.807, 2.05) is 19.1 Å². The largest absolute Gasteiger partial charge is 0.394 e. The first kappa shape index (κ1) is 18.5. The number of nitrogens with zero attached hydrogens (tertiary/aromatic N) is 2. The predicted octanol–water partition coefficient (Wildman–Crippen LogP) is 1.27. The highest BCUT2D eigenvalue weighted by Crippen LogP contribution is 2.18. The van der Waals surface area contributed by atoms with Crippen LogP contribution in [0, 0.1) is 12.7 Å². The van der Waals surface area contributed by atoms with Gasteiger partial charge in [-0.1, -0.05) is 12.1 Å². The van der Waals surface area contributed by atoms with E-state index in [4.69, 9.17) is 5.11 Å². The van der Waals surface area contributed by atoms with Crippen LogP contribution in [0.1, 0.15) is 34.5 Å². The zero-order chi connectivity index (χ0) is 18.5. The average Bonchev–Trinajstić information content (AvgIpc) is 3.02. The molecule has 0 aliphatic carbocycles. The minimum absolute atomic E-state index is 0.0107. The smallest absolute Gasteiger partial charge is 0.171 e. The fourth-order valence-electron chi connectivity index (χ4n) is 3.40. The summed E-state index contributed by atoms with van der Waals surface area (Å²) >= 11 is 0. The summed E-state index contributed by atoms with van der Waals surface area (Å²) in [4.78, 5) is 13.8. The molecule has 1 atom stereocenters. The number of Topliss-reactive ketones (excluding diaryl/α,β-unsaturated/α-hetero) is 1. The van der Waals surface area contributed by atoms with Crippen molar-refractivity contribution in [3.63, 3.8) is 0 Å². The second kappa shape index (κ2) is 8.38. The lowest BCUT2D eigenvalue weighted by atomic mass is 9.99. The predicted molar refractivity (Wildman–Crippen MR) is 97.6 cm³/mol. The summed E-state index contributed by atoms with van der Waals surface area (Å²) in [5, 5.41) is 13.2. The van der Waals surface area contributed by atoms with Crippen molar-refractivity contribution in [2.75, 3.05) is 26.2 Å². The van der Waals surface area contributed by atoms with E-state index in [2.05, 4.69) is 11.2 Å². The van der Waals surface area contributed by atoms with Gasteiger partial charge >= 0.3 is 0 Å². The highest BCUT2D eigenvalue weighted by Gasteiger charge is 2.19. The van der Waals surface area contributed by atoms with Crippen LogP contribution in [0.25, 0.3) is 5.57 Å². The van der Waals surface area contributed by atoms with Gasteiger partial charge in [0.15, 0.2) is 5.78 Å². The SMILES string of the molecule is Cc1c(C(=O)CC[NH+]2CC=C(c3ccc(F)cc3)CC2)cnn1CCO. The Morgan fingerprint density at radius 1 is 1.35 bits per heavy atom. The molecular weight excluding hydrogens is 333 g/mol. The minimum Gasteiger partial charge on any atom is -0.394 e. The van der Waals surface area contributed by atoms with Crippen LogP contribution in [-0.4, -0.2) is 46.9 Å². The molecule has 0 saturated carbocycles. The van der Waals surface area contributed by atoms with Crippen LogP contribution in [0.3, 0.4) is 0 Å². The summed E-state index contributed by atoms with van der Waals surface area (Å²) in [6, 6.07) is 6.63. The number of aromatic nitrogens is 2. The van der Waals surface area contributed by atoms with Gasteiger partial charge in [0.05, 0.1) is 51.0 Å². The molecule has 0 fully saturated rings. The van der Waals surface area contributed by atoms with Gasteiger partial charge < -0.3 is 10.0 Å². The highest BCUT2D eigenvalue weighted by molar-refractivity contribution is 5.96. The maximum atomic E-state index is 13.0. The van der Waals surface area contributed by atoms with Crippen molar-refractivity contribution in [3.8, 4) is 0 Å². The van der Waals surface area contributed by atoms with Crippen molar-refractivity contribution in [2.45, 2.75) is 26.3 Å². The van der Waals surface area contributed by atoms with Gasteiger partial charge in [0.1, 0.15) is 5.82 Å². The summed E-state index contributed by atoms with van der Waals surface area (Å²) in [5.41, 5.74) is 3.79. The molecule has 6 heteroatoms. The van der Waals surface area contributed by atoms with Crippen molar-refractivity contribution >= 4 is 11.4 Å². The fraction of sp³-hybridized carbons (Fsp3) is 0.400. The summed E-state index contributed by atoms with van der Waals surface area (Å²) in [6.07, 6.45) is 5.22. The molecule has 2 heterocycles. The number of hydrogen-bond acceptors (Lipinski definition) is 3. The van der Waals surface area contributed by atoms with E-state index in [-0.39, 0.29) is 18.2 Å². The molecule has 0 spiro atoms. The van der Waals surface area contributed by atoms with Gasteiger partial charge in [-0.25, -0.2) is 4.39 Å². The Morgan fingerprint density at radius 2 is 2.12 bits per heavy atom. The third-order valence-corrected chi connectivity index (χ3v) is 5.02. The molecule has 1 aliphatic rings. The summed E-state index contributed by atoms with van der Waals surface area (Å²) in [5.74, 6) is -0.110. The minimum atomic E-state index is -0.214. The molecular formula is C20H25FN3O2+. The normalized spacial score (nSPS) is 17.2. The van der Waals surface area contributed by atoms with Gasteiger partial charge in [-0.3, -0.25) is 9.48 Å². The van der Waals surface area contributed by atoms with Crippen LogP contribution in [0.4, 0.5) is 4.39 Å². The fourth-order valence-corrected chi connectivity index (χ4v) is 3.40. The van der Waals surface area contributed by atoms with E-state index in [0.717, 1.165) is 37.3 Å². The number of aliphatic hydroxyl groups excluding tert-OH is 1. The monoisotopic (exact) mass is 358 g/mol. The number of carbonyl (C=O) groups is 1. The lowest BCUT2D eigenvalue weighted by Crippen LogP contribution is -3.12. The van der Waals surface area contributed by atoms with Gasteiger partial charge in [0.25, 0.3) is 0 Å². The molecule has 1 aromatic heterocycles. The Bertz CT molecular complexity index is 796. The van der Waals surface area contributed by atoms with Gasteiger partial charge in [-0.05, 0) is 36.3 Å². The molecule has 0 saturated heterocycles. The summed E-state index contributed by atoms with van der Waals surface area (Å²) in [7, 11) is 0. The maximum Gasteiger partial charge on any atom is 0.171 e. The third-order valence-electron chi connectivity index (χ3n) is 5.02. The van der Waals surface area contributed by atoms with Crippen LogP contribution in [0.5, 0.6) is 0 Å². The lowest BCUT2D eigenvalue weighted by Gasteiger charge is -2.23. The van der Waals surface area contributed by atoms with Crippen molar-refractivity contribution in [1.82, 2.24) is 9.78 Å². The van der Waals surface area contributed by atoms with Crippen molar-refractivity contribution in [3.05, 3.63) is 59.2 Å². The second-order valence-electron chi connectivity index (χ2n) is 6.70. The molecule has 5 nitrogen and oxygen atoms in total. The van der Waals surface area contributed by atoms with E-state index in [9.17, 15) is 9.18 Å². The van der Waals surface area contributed by atoms with E-state index < -0.39 is 0 Å². The summed E-state index contributed by atoms with van der Waals surface area (Å²) in [6.45, 7) is 4.92. The summed E-state index contributed by atoms with van der Waals surface area (Å²) < 4.78 is 14.7. The first-order valence-corrected chi connectivity index (χ1v) is 9.03. The molecule has 3 rings (SSSR count). The van der Waals surface area contributed by atoms with Crippen LogP contribution in [0.2, 0.25) is 0 Å². The average molecular weight is 358 g/mol.